The Balaban J connectivity index is 1.43. The van der Waals surface area contributed by atoms with E-state index in [0.29, 0.717) is 36.5 Å². The Kier molecular flexibility index (Phi) is 8.54. The second-order valence-electron chi connectivity index (χ2n) is 9.59. The maximum atomic E-state index is 13.2. The average molecular weight is 551 g/mol. The molecule has 1 amide bonds. The highest BCUT2D eigenvalue weighted by Crippen LogP contribution is 2.38. The third-order valence-electron chi connectivity index (χ3n) is 6.93. The molecule has 0 aliphatic heterocycles. The maximum Gasteiger partial charge on any atom is 0.270 e. The normalized spacial score (nSPS) is 11.6. The molecule has 0 aliphatic carbocycles. The number of nitrogens with zero attached hydrogens (tertiary/aromatic N) is 2. The van der Waals surface area contributed by atoms with Crippen LogP contribution in [0.3, 0.4) is 0 Å². The standard InChI is InChI=1S/C32H30N4O5/c1-40-31-17-23(10-13-30(31)41-21-22-7-3-2-4-8-22)26(19-32(37)34-16-14-24-9-5-6-15-33-24)28-20-35-29-12-11-25(36(38)39)18-27(28)29/h2-13,15,17-18,20,26,35H,14,16,19,21H2,1H3,(H,34,37)/t26-/m1/s1. The number of carbonyl (C=O) groups is 1. The number of fused-ring (bicyclic) bond motifs is 1. The number of aromatic nitrogens is 2. The molecule has 0 unspecified atom stereocenters. The van der Waals surface area contributed by atoms with Gasteiger partial charge in [0.15, 0.2) is 11.5 Å². The Morgan fingerprint density at radius 2 is 1.85 bits per heavy atom. The lowest BCUT2D eigenvalue weighted by atomic mass is 9.87. The molecule has 0 saturated heterocycles. The fraction of sp³-hybridized carbons (Fsp3) is 0.188. The lowest BCUT2D eigenvalue weighted by Gasteiger charge is -2.19. The van der Waals surface area contributed by atoms with Crippen molar-refractivity contribution in [3.63, 3.8) is 0 Å². The van der Waals surface area contributed by atoms with Gasteiger partial charge in [0.05, 0.1) is 12.0 Å². The van der Waals surface area contributed by atoms with Crippen LogP contribution in [0.25, 0.3) is 10.9 Å². The molecule has 0 aliphatic rings. The highest BCUT2D eigenvalue weighted by molar-refractivity contribution is 5.87. The van der Waals surface area contributed by atoms with Crippen LogP contribution in [0.15, 0.2) is 97.3 Å². The molecule has 2 N–H and O–H groups in total. The van der Waals surface area contributed by atoms with Crippen molar-refractivity contribution in [2.24, 2.45) is 0 Å². The zero-order valence-corrected chi connectivity index (χ0v) is 22.6. The molecule has 2 heterocycles. The first-order valence-electron chi connectivity index (χ1n) is 13.3. The van der Waals surface area contributed by atoms with Gasteiger partial charge in [0.1, 0.15) is 6.61 Å². The quantitative estimate of drug-likeness (QED) is 0.147. The van der Waals surface area contributed by atoms with Gasteiger partial charge < -0.3 is 19.8 Å². The van der Waals surface area contributed by atoms with Crippen LogP contribution in [-0.4, -0.2) is 34.5 Å². The summed E-state index contributed by atoms with van der Waals surface area (Å²) in [5.74, 6) is 0.560. The molecule has 3 aromatic carbocycles. The number of H-pyrrole nitrogens is 1. The summed E-state index contributed by atoms with van der Waals surface area (Å²) < 4.78 is 11.7. The molecule has 2 aromatic heterocycles. The lowest BCUT2D eigenvalue weighted by molar-refractivity contribution is -0.384. The van der Waals surface area contributed by atoms with Crippen molar-refractivity contribution >= 4 is 22.5 Å². The number of methoxy groups -OCH3 is 1. The van der Waals surface area contributed by atoms with Crippen molar-refractivity contribution in [1.82, 2.24) is 15.3 Å². The van der Waals surface area contributed by atoms with Crippen molar-refractivity contribution in [1.29, 1.82) is 0 Å². The minimum Gasteiger partial charge on any atom is -0.493 e. The Morgan fingerprint density at radius 1 is 1.02 bits per heavy atom. The van der Waals surface area contributed by atoms with E-state index in [0.717, 1.165) is 27.9 Å². The highest BCUT2D eigenvalue weighted by atomic mass is 16.6. The van der Waals surface area contributed by atoms with Crippen LogP contribution < -0.4 is 14.8 Å². The van der Waals surface area contributed by atoms with Crippen LogP contribution in [0.5, 0.6) is 11.5 Å². The van der Waals surface area contributed by atoms with Crippen LogP contribution in [-0.2, 0) is 17.8 Å². The zero-order valence-electron chi connectivity index (χ0n) is 22.6. The van der Waals surface area contributed by atoms with E-state index in [-0.39, 0.29) is 18.0 Å². The van der Waals surface area contributed by atoms with Gasteiger partial charge in [-0.15, -0.1) is 0 Å². The Hall–Kier alpha value is -5.18. The molecular formula is C32H30N4O5. The highest BCUT2D eigenvalue weighted by Gasteiger charge is 2.24. The summed E-state index contributed by atoms with van der Waals surface area (Å²) in [6.45, 7) is 0.822. The molecule has 0 bridgehead atoms. The van der Waals surface area contributed by atoms with Crippen molar-refractivity contribution in [3.8, 4) is 11.5 Å². The Labute approximate surface area is 237 Å². The molecule has 1 atom stereocenters. The fourth-order valence-corrected chi connectivity index (χ4v) is 4.83. The average Bonchev–Trinajstić information content (AvgIpc) is 3.43. The SMILES string of the molecule is COc1cc([C@@H](CC(=O)NCCc2ccccn2)c2c[nH]c3ccc([N+](=O)[O-])cc23)ccc1OCc1ccccc1. The summed E-state index contributed by atoms with van der Waals surface area (Å²) in [5, 5.41) is 15.2. The molecule has 9 heteroatoms. The zero-order chi connectivity index (χ0) is 28.6. The van der Waals surface area contributed by atoms with Crippen LogP contribution in [0, 0.1) is 10.1 Å². The number of benzene rings is 3. The smallest absolute Gasteiger partial charge is 0.270 e. The van der Waals surface area contributed by atoms with Crippen molar-refractivity contribution in [2.75, 3.05) is 13.7 Å². The van der Waals surface area contributed by atoms with E-state index in [2.05, 4.69) is 15.3 Å². The molecule has 0 spiro atoms. The molecular weight excluding hydrogens is 520 g/mol. The van der Waals surface area contributed by atoms with E-state index >= 15 is 0 Å². The van der Waals surface area contributed by atoms with Crippen LogP contribution in [0.1, 0.15) is 34.7 Å². The predicted molar refractivity (Wildman–Crippen MR) is 156 cm³/mol. The minimum absolute atomic E-state index is 0.0147. The third kappa shape index (κ3) is 6.70. The first-order valence-corrected chi connectivity index (χ1v) is 13.3. The van der Waals surface area contributed by atoms with E-state index in [4.69, 9.17) is 9.47 Å². The van der Waals surface area contributed by atoms with Gasteiger partial charge in [0.2, 0.25) is 5.91 Å². The topological polar surface area (TPSA) is 119 Å². The molecule has 9 nitrogen and oxygen atoms in total. The number of ether oxygens (including phenoxy) is 2. The number of nitrogens with one attached hydrogen (secondary N) is 2. The van der Waals surface area contributed by atoms with E-state index in [1.807, 2.05) is 72.9 Å². The van der Waals surface area contributed by atoms with Gasteiger partial charge in [-0.25, -0.2) is 0 Å². The fourth-order valence-electron chi connectivity index (χ4n) is 4.83. The maximum absolute atomic E-state index is 13.2. The van der Waals surface area contributed by atoms with Crippen molar-refractivity contribution in [3.05, 3.63) is 130 Å². The number of hydrogen-bond acceptors (Lipinski definition) is 6. The number of carbonyl (C=O) groups excluding carboxylic acids is 1. The predicted octanol–water partition coefficient (Wildman–Crippen LogP) is 5.94. The largest absolute Gasteiger partial charge is 0.493 e. The van der Waals surface area contributed by atoms with E-state index in [1.165, 1.54) is 6.07 Å². The van der Waals surface area contributed by atoms with Crippen LogP contribution >= 0.6 is 0 Å². The van der Waals surface area contributed by atoms with Gasteiger partial charge in [-0.05, 0) is 47.0 Å². The minimum atomic E-state index is -0.419. The Morgan fingerprint density at radius 3 is 2.61 bits per heavy atom. The molecule has 5 rings (SSSR count). The van der Waals surface area contributed by atoms with Gasteiger partial charge in [0.25, 0.3) is 5.69 Å². The van der Waals surface area contributed by atoms with Crippen LogP contribution in [0.2, 0.25) is 0 Å². The van der Waals surface area contributed by atoms with Gasteiger partial charge in [-0.2, -0.15) is 0 Å². The number of rotatable bonds is 12. The summed E-state index contributed by atoms with van der Waals surface area (Å²) in [7, 11) is 1.57. The first-order chi connectivity index (χ1) is 20.0. The number of aromatic amines is 1. The van der Waals surface area contributed by atoms with E-state index in [1.54, 1.807) is 25.4 Å². The number of pyridine rings is 1. The Bertz CT molecular complexity index is 1640. The van der Waals surface area contributed by atoms with Crippen LogP contribution in [0.4, 0.5) is 5.69 Å². The van der Waals surface area contributed by atoms with Crippen molar-refractivity contribution < 1.29 is 19.2 Å². The summed E-state index contributed by atoms with van der Waals surface area (Å²) >= 11 is 0. The third-order valence-corrected chi connectivity index (χ3v) is 6.93. The molecule has 0 saturated carbocycles. The summed E-state index contributed by atoms with van der Waals surface area (Å²) in [5.41, 5.74) is 4.26. The molecule has 208 valence electrons. The summed E-state index contributed by atoms with van der Waals surface area (Å²) in [6.07, 6.45) is 4.28. The number of nitro benzene ring substituents is 1. The molecule has 41 heavy (non-hydrogen) atoms. The van der Waals surface area contributed by atoms with Gasteiger partial charge in [-0.3, -0.25) is 19.9 Å². The monoisotopic (exact) mass is 550 g/mol. The van der Waals surface area contributed by atoms with Gasteiger partial charge in [0, 0.05) is 66.4 Å². The van der Waals surface area contributed by atoms with E-state index < -0.39 is 10.8 Å². The number of hydrogen-bond donors (Lipinski definition) is 2. The summed E-state index contributed by atoms with van der Waals surface area (Å²) in [6, 6.07) is 25.8. The summed E-state index contributed by atoms with van der Waals surface area (Å²) in [4.78, 5) is 31.8. The second-order valence-corrected chi connectivity index (χ2v) is 9.59. The van der Waals surface area contributed by atoms with Gasteiger partial charge in [-0.1, -0.05) is 42.5 Å². The lowest BCUT2D eigenvalue weighted by Crippen LogP contribution is -2.27. The molecule has 0 radical (unpaired) electrons. The van der Waals surface area contributed by atoms with Gasteiger partial charge >= 0.3 is 0 Å². The second kappa shape index (κ2) is 12.8. The van der Waals surface area contributed by atoms with Crippen molar-refractivity contribution in [2.45, 2.75) is 25.4 Å². The number of nitro groups is 1. The first kappa shape index (κ1) is 27.4. The van der Waals surface area contributed by atoms with E-state index in [9.17, 15) is 14.9 Å². The number of non-ortho nitro benzene ring substituents is 1. The molecule has 5 aromatic rings. The number of amides is 1. The molecule has 0 fully saturated rings.